The van der Waals surface area contributed by atoms with Crippen molar-refractivity contribution in [1.29, 1.82) is 0 Å². The first kappa shape index (κ1) is 15.1. The van der Waals surface area contributed by atoms with Crippen molar-refractivity contribution in [3.8, 4) is 5.69 Å². The Bertz CT molecular complexity index is 784. The van der Waals surface area contributed by atoms with Crippen LogP contribution in [0.4, 0.5) is 0 Å². The highest BCUT2D eigenvalue weighted by molar-refractivity contribution is 5.34. The molecule has 24 heavy (non-hydrogen) atoms. The van der Waals surface area contributed by atoms with E-state index in [4.69, 9.17) is 0 Å². The van der Waals surface area contributed by atoms with E-state index < -0.39 is 5.60 Å². The number of likely N-dealkylation sites (tertiary alicyclic amines) is 1. The largest absolute Gasteiger partial charge is 0.384 e. The Hall–Kier alpha value is -2.43. The molecule has 1 fully saturated rings. The van der Waals surface area contributed by atoms with E-state index in [1.165, 1.54) is 5.56 Å². The summed E-state index contributed by atoms with van der Waals surface area (Å²) in [6, 6.07) is 18.5. The van der Waals surface area contributed by atoms with Gasteiger partial charge in [-0.05, 0) is 29.7 Å². The Kier molecular flexibility index (Phi) is 3.92. The first-order valence-electron chi connectivity index (χ1n) is 8.30. The normalized spacial score (nSPS) is 21.2. The molecule has 1 saturated heterocycles. The summed E-state index contributed by atoms with van der Waals surface area (Å²) in [6.07, 6.45) is 6.30. The number of β-amino-alcohol motifs (C(OH)–C–C–N with tert-alkyl or cyclic N) is 1. The summed E-state index contributed by atoms with van der Waals surface area (Å²) in [7, 11) is 0. The first-order chi connectivity index (χ1) is 11.7. The number of aliphatic hydroxyl groups is 1. The second-order valence-corrected chi connectivity index (χ2v) is 6.49. The molecule has 0 saturated carbocycles. The predicted molar refractivity (Wildman–Crippen MR) is 93.8 cm³/mol. The van der Waals surface area contributed by atoms with Crippen LogP contribution >= 0.6 is 0 Å². The number of hydrogen-bond acceptors (Lipinski definition) is 3. The number of rotatable bonds is 4. The molecule has 3 aromatic rings. The monoisotopic (exact) mass is 319 g/mol. The smallest absolute Gasteiger partial charge is 0.103 e. The molecule has 1 atom stereocenters. The van der Waals surface area contributed by atoms with Crippen molar-refractivity contribution in [2.45, 2.75) is 18.6 Å². The van der Waals surface area contributed by atoms with Crippen molar-refractivity contribution in [2.75, 3.05) is 13.1 Å². The fourth-order valence-corrected chi connectivity index (χ4v) is 3.43. The molecule has 2 aromatic carbocycles. The zero-order chi connectivity index (χ0) is 16.4. The Labute approximate surface area is 142 Å². The van der Waals surface area contributed by atoms with E-state index in [0.29, 0.717) is 6.54 Å². The zero-order valence-corrected chi connectivity index (χ0v) is 13.5. The highest BCUT2D eigenvalue weighted by atomic mass is 16.3. The Morgan fingerprint density at radius 1 is 1.04 bits per heavy atom. The van der Waals surface area contributed by atoms with Gasteiger partial charge in [0.1, 0.15) is 5.60 Å². The standard InChI is InChI=1S/C20H21N3O/c24-20(18-4-2-1-3-5-18)10-12-22(15-20)14-17-6-8-19(9-7-17)23-13-11-21-16-23/h1-9,11,13,16,24H,10,12,14-15H2/t20-/m1/s1. The molecule has 0 aliphatic carbocycles. The van der Waals surface area contributed by atoms with E-state index in [0.717, 1.165) is 30.8 Å². The van der Waals surface area contributed by atoms with Crippen LogP contribution in [-0.4, -0.2) is 32.6 Å². The van der Waals surface area contributed by atoms with Gasteiger partial charge in [-0.25, -0.2) is 4.98 Å². The lowest BCUT2D eigenvalue weighted by atomic mass is 9.93. The van der Waals surface area contributed by atoms with Gasteiger partial charge in [0.2, 0.25) is 0 Å². The van der Waals surface area contributed by atoms with Crippen LogP contribution in [0, 0.1) is 0 Å². The van der Waals surface area contributed by atoms with Gasteiger partial charge >= 0.3 is 0 Å². The molecule has 0 bridgehead atoms. The molecule has 0 radical (unpaired) electrons. The average molecular weight is 319 g/mol. The molecule has 1 aliphatic heterocycles. The SMILES string of the molecule is O[C@]1(c2ccccc2)CCN(Cc2ccc(-n3ccnc3)cc2)C1. The molecule has 0 unspecified atom stereocenters. The van der Waals surface area contributed by atoms with Gasteiger partial charge in [-0.2, -0.15) is 0 Å². The Morgan fingerprint density at radius 3 is 2.54 bits per heavy atom. The lowest BCUT2D eigenvalue weighted by molar-refractivity contribution is 0.0453. The molecule has 4 nitrogen and oxygen atoms in total. The van der Waals surface area contributed by atoms with Gasteiger partial charge in [0, 0.05) is 37.7 Å². The van der Waals surface area contributed by atoms with Gasteiger partial charge in [-0.15, -0.1) is 0 Å². The van der Waals surface area contributed by atoms with Crippen molar-refractivity contribution in [3.63, 3.8) is 0 Å². The maximum atomic E-state index is 10.9. The van der Waals surface area contributed by atoms with Crippen LogP contribution in [0.3, 0.4) is 0 Å². The van der Waals surface area contributed by atoms with Gasteiger partial charge in [0.25, 0.3) is 0 Å². The molecule has 4 heteroatoms. The molecule has 122 valence electrons. The topological polar surface area (TPSA) is 41.3 Å². The highest BCUT2D eigenvalue weighted by Crippen LogP contribution is 2.32. The second-order valence-electron chi connectivity index (χ2n) is 6.49. The third kappa shape index (κ3) is 2.98. The van der Waals surface area contributed by atoms with Crippen molar-refractivity contribution >= 4 is 0 Å². The fourth-order valence-electron chi connectivity index (χ4n) is 3.43. The zero-order valence-electron chi connectivity index (χ0n) is 13.5. The summed E-state index contributed by atoms with van der Waals surface area (Å²) in [5.41, 5.74) is 2.66. The van der Waals surface area contributed by atoms with E-state index in [-0.39, 0.29) is 0 Å². The quantitative estimate of drug-likeness (QED) is 0.804. The maximum Gasteiger partial charge on any atom is 0.103 e. The van der Waals surface area contributed by atoms with Crippen molar-refractivity contribution in [2.24, 2.45) is 0 Å². The van der Waals surface area contributed by atoms with Crippen molar-refractivity contribution in [1.82, 2.24) is 14.5 Å². The summed E-state index contributed by atoms with van der Waals surface area (Å²) < 4.78 is 1.99. The molecular weight excluding hydrogens is 298 g/mol. The fraction of sp³-hybridized carbons (Fsp3) is 0.250. The maximum absolute atomic E-state index is 10.9. The van der Waals surface area contributed by atoms with Crippen LogP contribution in [0.1, 0.15) is 17.5 Å². The lowest BCUT2D eigenvalue weighted by Crippen LogP contribution is -2.30. The summed E-state index contributed by atoms with van der Waals surface area (Å²) >= 11 is 0. The van der Waals surface area contributed by atoms with Gasteiger partial charge < -0.3 is 9.67 Å². The first-order valence-corrected chi connectivity index (χ1v) is 8.30. The molecular formula is C20H21N3O. The van der Waals surface area contributed by atoms with Gasteiger partial charge in [0.05, 0.1) is 6.33 Å². The summed E-state index contributed by atoms with van der Waals surface area (Å²) in [6.45, 7) is 2.45. The number of benzene rings is 2. The van der Waals surface area contributed by atoms with E-state index in [2.05, 4.69) is 34.1 Å². The summed E-state index contributed by atoms with van der Waals surface area (Å²) in [5.74, 6) is 0. The molecule has 1 N–H and O–H groups in total. The van der Waals surface area contributed by atoms with Gasteiger partial charge in [0.15, 0.2) is 0 Å². The minimum atomic E-state index is -0.724. The van der Waals surface area contributed by atoms with Crippen LogP contribution in [0.5, 0.6) is 0 Å². The van der Waals surface area contributed by atoms with Crippen LogP contribution in [0.15, 0.2) is 73.3 Å². The number of nitrogens with zero attached hydrogens (tertiary/aromatic N) is 3. The minimum absolute atomic E-state index is 0.681. The minimum Gasteiger partial charge on any atom is -0.384 e. The van der Waals surface area contributed by atoms with E-state index >= 15 is 0 Å². The Balaban J connectivity index is 1.43. The third-order valence-electron chi connectivity index (χ3n) is 4.78. The Morgan fingerprint density at radius 2 is 1.83 bits per heavy atom. The molecule has 0 amide bonds. The molecule has 2 heterocycles. The number of aromatic nitrogens is 2. The van der Waals surface area contributed by atoms with Crippen LogP contribution in [0.2, 0.25) is 0 Å². The predicted octanol–water partition coefficient (Wildman–Crippen LogP) is 2.97. The lowest BCUT2D eigenvalue weighted by Gasteiger charge is -2.24. The highest BCUT2D eigenvalue weighted by Gasteiger charge is 2.37. The van der Waals surface area contributed by atoms with E-state index in [9.17, 15) is 5.11 Å². The van der Waals surface area contributed by atoms with E-state index in [1.54, 1.807) is 12.5 Å². The average Bonchev–Trinajstić information content (AvgIpc) is 3.28. The van der Waals surface area contributed by atoms with Crippen molar-refractivity contribution < 1.29 is 5.11 Å². The molecule has 1 aromatic heterocycles. The number of imidazole rings is 1. The van der Waals surface area contributed by atoms with Crippen LogP contribution in [0.25, 0.3) is 5.69 Å². The second kappa shape index (κ2) is 6.23. The van der Waals surface area contributed by atoms with Gasteiger partial charge in [-0.1, -0.05) is 42.5 Å². The summed E-state index contributed by atoms with van der Waals surface area (Å²) in [5, 5.41) is 10.9. The van der Waals surface area contributed by atoms with Crippen LogP contribution < -0.4 is 0 Å². The van der Waals surface area contributed by atoms with E-state index in [1.807, 2.05) is 41.1 Å². The number of hydrogen-bond donors (Lipinski definition) is 1. The molecule has 1 aliphatic rings. The molecule has 4 rings (SSSR count). The molecule has 0 spiro atoms. The summed E-state index contributed by atoms with van der Waals surface area (Å²) in [4.78, 5) is 6.39. The van der Waals surface area contributed by atoms with Crippen molar-refractivity contribution in [3.05, 3.63) is 84.4 Å². The third-order valence-corrected chi connectivity index (χ3v) is 4.78. The van der Waals surface area contributed by atoms with Gasteiger partial charge in [-0.3, -0.25) is 4.90 Å². The van der Waals surface area contributed by atoms with Crippen LogP contribution in [-0.2, 0) is 12.1 Å².